The van der Waals surface area contributed by atoms with Crippen molar-refractivity contribution in [1.29, 1.82) is 0 Å². The molecule has 0 atom stereocenters. The van der Waals surface area contributed by atoms with Crippen LogP contribution in [-0.2, 0) is 13.1 Å². The van der Waals surface area contributed by atoms with E-state index in [4.69, 9.17) is 0 Å². The van der Waals surface area contributed by atoms with Gasteiger partial charge in [-0.1, -0.05) is 24.3 Å². The highest BCUT2D eigenvalue weighted by molar-refractivity contribution is 5.93. The second-order valence-corrected chi connectivity index (χ2v) is 6.10. The van der Waals surface area contributed by atoms with Gasteiger partial charge >= 0.3 is 0 Å². The topological polar surface area (TPSA) is 99.9 Å². The minimum Gasteiger partial charge on any atom is -0.352 e. The van der Waals surface area contributed by atoms with Gasteiger partial charge in [0.2, 0.25) is 0 Å². The van der Waals surface area contributed by atoms with Crippen LogP contribution >= 0.6 is 0 Å². The van der Waals surface area contributed by atoms with Gasteiger partial charge in [-0.2, -0.15) is 0 Å². The molecule has 0 saturated heterocycles. The van der Waals surface area contributed by atoms with E-state index in [1.54, 1.807) is 45.4 Å². The number of benzene rings is 2. The number of hydrogen-bond acceptors (Lipinski definition) is 4. The Bertz CT molecular complexity index is 814. The zero-order chi connectivity index (χ0) is 19.8. The first-order valence-electron chi connectivity index (χ1n) is 8.39. The van der Waals surface area contributed by atoms with E-state index in [9.17, 15) is 14.9 Å². The maximum atomic E-state index is 11.9. The summed E-state index contributed by atoms with van der Waals surface area (Å²) in [5.41, 5.74) is 2.64. The van der Waals surface area contributed by atoms with E-state index >= 15 is 0 Å². The second kappa shape index (κ2) is 9.33. The van der Waals surface area contributed by atoms with Crippen LogP contribution in [0, 0.1) is 10.1 Å². The summed E-state index contributed by atoms with van der Waals surface area (Å²) in [6.45, 7) is 1.05. The van der Waals surface area contributed by atoms with Gasteiger partial charge < -0.3 is 15.5 Å². The predicted octanol–water partition coefficient (Wildman–Crippen LogP) is 2.16. The molecule has 0 aliphatic heterocycles. The average molecular weight is 369 g/mol. The van der Waals surface area contributed by atoms with E-state index in [-0.39, 0.29) is 11.6 Å². The van der Waals surface area contributed by atoms with Crippen LogP contribution in [-0.4, -0.2) is 42.8 Å². The third kappa shape index (κ3) is 5.81. The number of rotatable bonds is 6. The Kier molecular flexibility index (Phi) is 6.87. The molecule has 2 rings (SSSR count). The summed E-state index contributed by atoms with van der Waals surface area (Å²) in [7, 11) is 5.11. The Morgan fingerprint density at radius 1 is 1.00 bits per heavy atom. The van der Waals surface area contributed by atoms with E-state index in [0.717, 1.165) is 11.1 Å². The van der Waals surface area contributed by atoms with Crippen molar-refractivity contribution < 1.29 is 9.72 Å². The number of carbonyl (C=O) groups excluding carboxylic acids is 1. The summed E-state index contributed by atoms with van der Waals surface area (Å²) in [5, 5.41) is 17.0. The summed E-state index contributed by atoms with van der Waals surface area (Å²) in [5.74, 6) is 0.580. The van der Waals surface area contributed by atoms with Crippen molar-refractivity contribution in [1.82, 2.24) is 15.5 Å². The first-order valence-corrected chi connectivity index (χ1v) is 8.39. The Balaban J connectivity index is 1.86. The lowest BCUT2D eigenvalue weighted by atomic mass is 10.1. The van der Waals surface area contributed by atoms with Gasteiger partial charge in [-0.15, -0.1) is 0 Å². The summed E-state index contributed by atoms with van der Waals surface area (Å²) < 4.78 is 0. The first-order chi connectivity index (χ1) is 12.9. The molecule has 1 amide bonds. The molecule has 2 N–H and O–H groups in total. The van der Waals surface area contributed by atoms with Crippen LogP contribution in [0.5, 0.6) is 0 Å². The number of nitrogens with one attached hydrogen (secondary N) is 2. The largest absolute Gasteiger partial charge is 0.352 e. The second-order valence-electron chi connectivity index (χ2n) is 6.10. The van der Waals surface area contributed by atoms with Crippen molar-refractivity contribution in [2.24, 2.45) is 4.99 Å². The number of hydrogen-bond donors (Lipinski definition) is 2. The average Bonchev–Trinajstić information content (AvgIpc) is 2.68. The molecule has 2 aromatic carbocycles. The number of nitro benzene ring substituents is 1. The van der Waals surface area contributed by atoms with Gasteiger partial charge in [0.1, 0.15) is 0 Å². The molecule has 0 radical (unpaired) electrons. The molecule has 0 saturated carbocycles. The molecule has 2 aromatic rings. The van der Waals surface area contributed by atoms with Gasteiger partial charge in [-0.05, 0) is 23.3 Å². The molecule has 0 aromatic heterocycles. The molecule has 0 unspecified atom stereocenters. The van der Waals surface area contributed by atoms with Crippen molar-refractivity contribution in [3.63, 3.8) is 0 Å². The predicted molar refractivity (Wildman–Crippen MR) is 105 cm³/mol. The van der Waals surface area contributed by atoms with Crippen molar-refractivity contribution in [3.05, 3.63) is 75.3 Å². The van der Waals surface area contributed by atoms with E-state index < -0.39 is 4.92 Å². The summed E-state index contributed by atoms with van der Waals surface area (Å²) in [4.78, 5) is 27.8. The third-order valence-electron chi connectivity index (χ3n) is 3.90. The lowest BCUT2D eigenvalue weighted by molar-refractivity contribution is -0.384. The molecule has 142 valence electrons. The Labute approximate surface area is 158 Å². The lowest BCUT2D eigenvalue weighted by Crippen LogP contribution is -2.36. The number of amides is 1. The van der Waals surface area contributed by atoms with Crippen LogP contribution in [0.1, 0.15) is 21.5 Å². The fourth-order valence-corrected chi connectivity index (χ4v) is 2.35. The first kappa shape index (κ1) is 19.9. The van der Waals surface area contributed by atoms with Crippen LogP contribution in [0.4, 0.5) is 5.69 Å². The van der Waals surface area contributed by atoms with Crippen molar-refractivity contribution >= 4 is 17.6 Å². The SMILES string of the molecule is CN=C(NCc1ccc(C(=O)N(C)C)cc1)NCc1ccc([N+](=O)[O-])cc1. The van der Waals surface area contributed by atoms with Crippen LogP contribution in [0.25, 0.3) is 0 Å². The Hall–Kier alpha value is -3.42. The van der Waals surface area contributed by atoms with Gasteiger partial charge in [0.25, 0.3) is 11.6 Å². The van der Waals surface area contributed by atoms with Gasteiger partial charge in [-0.25, -0.2) is 0 Å². The molecular formula is C19H23N5O3. The molecule has 0 bridgehead atoms. The standard InChI is InChI=1S/C19H23N5O3/c1-20-19(22-13-15-6-10-17(11-7-15)24(26)27)21-12-14-4-8-16(9-5-14)18(25)23(2)3/h4-11H,12-13H2,1-3H3,(H2,20,21,22). The number of non-ortho nitro benzene ring substituents is 1. The van der Waals surface area contributed by atoms with Crippen LogP contribution in [0.15, 0.2) is 53.5 Å². The highest BCUT2D eigenvalue weighted by atomic mass is 16.6. The van der Waals surface area contributed by atoms with Crippen LogP contribution in [0.2, 0.25) is 0 Å². The monoisotopic (exact) mass is 369 g/mol. The Morgan fingerprint density at radius 2 is 1.48 bits per heavy atom. The van der Waals surface area contributed by atoms with E-state index in [1.165, 1.54) is 17.0 Å². The van der Waals surface area contributed by atoms with Crippen molar-refractivity contribution in [3.8, 4) is 0 Å². The molecular weight excluding hydrogens is 346 g/mol. The maximum Gasteiger partial charge on any atom is 0.269 e. The number of nitrogens with zero attached hydrogens (tertiary/aromatic N) is 3. The summed E-state index contributed by atoms with van der Waals surface area (Å²) in [6, 6.07) is 13.8. The van der Waals surface area contributed by atoms with Crippen molar-refractivity contribution in [2.45, 2.75) is 13.1 Å². The third-order valence-corrected chi connectivity index (χ3v) is 3.90. The smallest absolute Gasteiger partial charge is 0.269 e. The maximum absolute atomic E-state index is 11.9. The van der Waals surface area contributed by atoms with Crippen LogP contribution < -0.4 is 10.6 Å². The number of carbonyl (C=O) groups is 1. The number of nitro groups is 1. The lowest BCUT2D eigenvalue weighted by Gasteiger charge is -2.13. The van der Waals surface area contributed by atoms with Gasteiger partial charge in [0.15, 0.2) is 5.96 Å². The number of guanidine groups is 1. The fraction of sp³-hybridized carbons (Fsp3) is 0.263. The molecule has 0 aliphatic carbocycles. The van der Waals surface area contributed by atoms with Gasteiger partial charge in [0.05, 0.1) is 4.92 Å². The number of aliphatic imine (C=N–C) groups is 1. The molecule has 8 heteroatoms. The highest BCUT2D eigenvalue weighted by Gasteiger charge is 2.08. The normalized spacial score (nSPS) is 11.0. The minimum atomic E-state index is -0.422. The minimum absolute atomic E-state index is 0.0323. The van der Waals surface area contributed by atoms with Gasteiger partial charge in [-0.3, -0.25) is 19.9 Å². The molecule has 0 spiro atoms. The fourth-order valence-electron chi connectivity index (χ4n) is 2.35. The molecule has 0 fully saturated rings. The molecule has 27 heavy (non-hydrogen) atoms. The zero-order valence-corrected chi connectivity index (χ0v) is 15.6. The van der Waals surface area contributed by atoms with E-state index in [2.05, 4.69) is 15.6 Å². The zero-order valence-electron chi connectivity index (χ0n) is 15.6. The van der Waals surface area contributed by atoms with Crippen molar-refractivity contribution in [2.75, 3.05) is 21.1 Å². The summed E-state index contributed by atoms with van der Waals surface area (Å²) >= 11 is 0. The molecule has 8 nitrogen and oxygen atoms in total. The summed E-state index contributed by atoms with van der Waals surface area (Å²) in [6.07, 6.45) is 0. The molecule has 0 aliphatic rings. The Morgan fingerprint density at radius 3 is 1.89 bits per heavy atom. The van der Waals surface area contributed by atoms with E-state index in [0.29, 0.717) is 24.6 Å². The van der Waals surface area contributed by atoms with Crippen LogP contribution in [0.3, 0.4) is 0 Å². The molecule has 0 heterocycles. The highest BCUT2D eigenvalue weighted by Crippen LogP contribution is 2.11. The van der Waals surface area contributed by atoms with Gasteiger partial charge in [0, 0.05) is 51.9 Å². The van der Waals surface area contributed by atoms with E-state index in [1.807, 2.05) is 12.1 Å². The quantitative estimate of drug-likeness (QED) is 0.352.